The molecule has 0 amide bonds. The zero-order valence-corrected chi connectivity index (χ0v) is 7.91. The van der Waals surface area contributed by atoms with Crippen molar-refractivity contribution in [1.82, 2.24) is 4.98 Å². The first-order valence-corrected chi connectivity index (χ1v) is 4.23. The normalized spacial score (nSPS) is 9.69. The van der Waals surface area contributed by atoms with Gasteiger partial charge < -0.3 is 4.74 Å². The van der Waals surface area contributed by atoms with Gasteiger partial charge in [-0.05, 0) is 18.6 Å². The van der Waals surface area contributed by atoms with Gasteiger partial charge in [0.15, 0.2) is 0 Å². The highest BCUT2D eigenvalue weighted by Crippen LogP contribution is 2.00. The molecule has 1 heterocycles. The van der Waals surface area contributed by atoms with E-state index in [0.29, 0.717) is 6.61 Å². The summed E-state index contributed by atoms with van der Waals surface area (Å²) in [7, 11) is 0. The van der Waals surface area contributed by atoms with E-state index in [-0.39, 0.29) is 5.97 Å². The number of aromatic nitrogens is 1. The van der Waals surface area contributed by atoms with E-state index in [1.165, 1.54) is 6.92 Å². The molecule has 0 aliphatic heterocycles. The molecule has 0 fully saturated rings. The third-order valence-electron chi connectivity index (χ3n) is 1.67. The molecule has 1 aromatic rings. The standard InChI is InChI=1S/C10H13NO2/c1-8-3-4-10(7-11-8)5-6-13-9(2)12/h3-4,7H,5-6H2,1-2H3. The van der Waals surface area contributed by atoms with E-state index in [4.69, 9.17) is 4.74 Å². The molecule has 0 N–H and O–H groups in total. The molecule has 0 bridgehead atoms. The minimum Gasteiger partial charge on any atom is -0.466 e. The summed E-state index contributed by atoms with van der Waals surface area (Å²) in [5.74, 6) is -0.236. The van der Waals surface area contributed by atoms with Crippen molar-refractivity contribution in [1.29, 1.82) is 0 Å². The number of carbonyl (C=O) groups is 1. The Bertz CT molecular complexity index is 279. The van der Waals surface area contributed by atoms with Gasteiger partial charge in [-0.2, -0.15) is 0 Å². The Morgan fingerprint density at radius 1 is 1.54 bits per heavy atom. The van der Waals surface area contributed by atoms with Crippen molar-refractivity contribution < 1.29 is 9.53 Å². The van der Waals surface area contributed by atoms with Crippen molar-refractivity contribution in [3.8, 4) is 0 Å². The van der Waals surface area contributed by atoms with E-state index < -0.39 is 0 Å². The summed E-state index contributed by atoms with van der Waals surface area (Å²) < 4.78 is 4.81. The van der Waals surface area contributed by atoms with Gasteiger partial charge in [-0.3, -0.25) is 9.78 Å². The zero-order valence-electron chi connectivity index (χ0n) is 7.91. The Hall–Kier alpha value is -1.38. The second kappa shape index (κ2) is 4.60. The zero-order chi connectivity index (χ0) is 9.68. The van der Waals surface area contributed by atoms with Gasteiger partial charge in [0, 0.05) is 25.2 Å². The van der Waals surface area contributed by atoms with Crippen LogP contribution in [0.15, 0.2) is 18.3 Å². The number of hydrogen-bond acceptors (Lipinski definition) is 3. The first-order valence-electron chi connectivity index (χ1n) is 4.23. The lowest BCUT2D eigenvalue weighted by atomic mass is 10.2. The van der Waals surface area contributed by atoms with Gasteiger partial charge in [0.25, 0.3) is 0 Å². The average molecular weight is 179 g/mol. The topological polar surface area (TPSA) is 39.2 Å². The molecule has 0 unspecified atom stereocenters. The molecule has 0 aliphatic carbocycles. The maximum Gasteiger partial charge on any atom is 0.302 e. The number of hydrogen-bond donors (Lipinski definition) is 0. The highest BCUT2D eigenvalue weighted by Gasteiger charge is 1.95. The first-order chi connectivity index (χ1) is 6.18. The van der Waals surface area contributed by atoms with Crippen molar-refractivity contribution >= 4 is 5.97 Å². The van der Waals surface area contributed by atoms with Crippen LogP contribution in [0.4, 0.5) is 0 Å². The van der Waals surface area contributed by atoms with Crippen molar-refractivity contribution in [2.45, 2.75) is 20.3 Å². The summed E-state index contributed by atoms with van der Waals surface area (Å²) >= 11 is 0. The molecule has 1 aromatic heterocycles. The largest absolute Gasteiger partial charge is 0.466 e. The predicted octanol–water partition coefficient (Wildman–Crippen LogP) is 1.50. The molecular weight excluding hydrogens is 166 g/mol. The van der Waals surface area contributed by atoms with Gasteiger partial charge in [-0.15, -0.1) is 0 Å². The molecule has 0 aromatic carbocycles. The molecule has 0 aliphatic rings. The number of aryl methyl sites for hydroxylation is 1. The Morgan fingerprint density at radius 2 is 2.31 bits per heavy atom. The fraction of sp³-hybridized carbons (Fsp3) is 0.400. The summed E-state index contributed by atoms with van der Waals surface area (Å²) in [6.45, 7) is 3.78. The lowest BCUT2D eigenvalue weighted by Gasteiger charge is -2.01. The minimum atomic E-state index is -0.236. The van der Waals surface area contributed by atoms with Crippen molar-refractivity contribution in [2.24, 2.45) is 0 Å². The van der Waals surface area contributed by atoms with E-state index in [1.807, 2.05) is 19.1 Å². The highest BCUT2D eigenvalue weighted by atomic mass is 16.5. The molecule has 13 heavy (non-hydrogen) atoms. The monoisotopic (exact) mass is 179 g/mol. The molecule has 0 saturated heterocycles. The van der Waals surface area contributed by atoms with Gasteiger partial charge in [-0.25, -0.2) is 0 Å². The molecular formula is C10H13NO2. The van der Waals surface area contributed by atoms with Gasteiger partial charge in [0.1, 0.15) is 0 Å². The van der Waals surface area contributed by atoms with Crippen molar-refractivity contribution in [2.75, 3.05) is 6.61 Å². The molecule has 3 heteroatoms. The second-order valence-corrected chi connectivity index (χ2v) is 2.90. The van der Waals surface area contributed by atoms with Gasteiger partial charge >= 0.3 is 5.97 Å². The van der Waals surface area contributed by atoms with Gasteiger partial charge in [-0.1, -0.05) is 6.07 Å². The fourth-order valence-electron chi connectivity index (χ4n) is 0.959. The molecule has 70 valence electrons. The van der Waals surface area contributed by atoms with E-state index in [0.717, 1.165) is 17.7 Å². The summed E-state index contributed by atoms with van der Waals surface area (Å²) in [4.78, 5) is 14.6. The lowest BCUT2D eigenvalue weighted by molar-refractivity contribution is -0.140. The van der Waals surface area contributed by atoms with E-state index in [2.05, 4.69) is 4.98 Å². The number of nitrogens with zero attached hydrogens (tertiary/aromatic N) is 1. The van der Waals surface area contributed by atoms with Crippen LogP contribution in [0.5, 0.6) is 0 Å². The third-order valence-corrected chi connectivity index (χ3v) is 1.67. The molecule has 0 spiro atoms. The third kappa shape index (κ3) is 3.69. The fourth-order valence-corrected chi connectivity index (χ4v) is 0.959. The van der Waals surface area contributed by atoms with Crippen LogP contribution in [0.1, 0.15) is 18.2 Å². The number of ether oxygens (including phenoxy) is 1. The van der Waals surface area contributed by atoms with Crippen LogP contribution >= 0.6 is 0 Å². The highest BCUT2D eigenvalue weighted by molar-refractivity contribution is 5.65. The number of pyridine rings is 1. The average Bonchev–Trinajstić information content (AvgIpc) is 2.08. The number of rotatable bonds is 3. The van der Waals surface area contributed by atoms with Gasteiger partial charge in [0.2, 0.25) is 0 Å². The summed E-state index contributed by atoms with van der Waals surface area (Å²) in [5.41, 5.74) is 2.09. The molecule has 3 nitrogen and oxygen atoms in total. The number of esters is 1. The van der Waals surface area contributed by atoms with Crippen LogP contribution < -0.4 is 0 Å². The van der Waals surface area contributed by atoms with Crippen LogP contribution in [-0.2, 0) is 16.0 Å². The second-order valence-electron chi connectivity index (χ2n) is 2.90. The van der Waals surface area contributed by atoms with Crippen LogP contribution in [-0.4, -0.2) is 17.6 Å². The lowest BCUT2D eigenvalue weighted by Crippen LogP contribution is -2.03. The Morgan fingerprint density at radius 3 is 2.85 bits per heavy atom. The summed E-state index contributed by atoms with van der Waals surface area (Å²) in [6, 6.07) is 3.94. The van der Waals surface area contributed by atoms with Crippen LogP contribution in [0.25, 0.3) is 0 Å². The number of carbonyl (C=O) groups excluding carboxylic acids is 1. The van der Waals surface area contributed by atoms with E-state index >= 15 is 0 Å². The molecule has 0 radical (unpaired) electrons. The molecule has 0 atom stereocenters. The Balaban J connectivity index is 2.37. The Kier molecular flexibility index (Phi) is 3.43. The smallest absolute Gasteiger partial charge is 0.302 e. The molecule has 1 rings (SSSR count). The minimum absolute atomic E-state index is 0.236. The van der Waals surface area contributed by atoms with Crippen LogP contribution in [0.2, 0.25) is 0 Å². The predicted molar refractivity (Wildman–Crippen MR) is 49.3 cm³/mol. The van der Waals surface area contributed by atoms with E-state index in [9.17, 15) is 4.79 Å². The Labute approximate surface area is 77.8 Å². The van der Waals surface area contributed by atoms with E-state index in [1.54, 1.807) is 6.20 Å². The van der Waals surface area contributed by atoms with Gasteiger partial charge in [0.05, 0.1) is 6.61 Å². The summed E-state index contributed by atoms with van der Waals surface area (Å²) in [6.07, 6.45) is 2.53. The molecule has 0 saturated carbocycles. The van der Waals surface area contributed by atoms with Crippen LogP contribution in [0, 0.1) is 6.92 Å². The summed E-state index contributed by atoms with van der Waals surface area (Å²) in [5, 5.41) is 0. The first kappa shape index (κ1) is 9.71. The quantitative estimate of drug-likeness (QED) is 0.660. The van der Waals surface area contributed by atoms with Crippen molar-refractivity contribution in [3.63, 3.8) is 0 Å². The SMILES string of the molecule is CC(=O)OCCc1ccc(C)nc1. The van der Waals surface area contributed by atoms with Crippen LogP contribution in [0.3, 0.4) is 0 Å². The maximum absolute atomic E-state index is 10.5. The van der Waals surface area contributed by atoms with Crippen molar-refractivity contribution in [3.05, 3.63) is 29.6 Å². The maximum atomic E-state index is 10.5.